The third kappa shape index (κ3) is 3.55. The van der Waals surface area contributed by atoms with Crippen LogP contribution in [0.1, 0.15) is 12.0 Å². The van der Waals surface area contributed by atoms with E-state index < -0.39 is 0 Å². The van der Waals surface area contributed by atoms with E-state index in [9.17, 15) is 0 Å². The maximum atomic E-state index is 5.49. The molecule has 20 heavy (non-hydrogen) atoms. The molecule has 5 heteroatoms. The van der Waals surface area contributed by atoms with Crippen LogP contribution in [0.5, 0.6) is 17.2 Å². The first-order chi connectivity index (χ1) is 9.78. The van der Waals surface area contributed by atoms with Crippen molar-refractivity contribution < 1.29 is 14.2 Å². The van der Waals surface area contributed by atoms with Gasteiger partial charge in [0.1, 0.15) is 17.2 Å². The first kappa shape index (κ1) is 14.9. The van der Waals surface area contributed by atoms with E-state index in [1.54, 1.807) is 21.3 Å². The molecule has 0 aliphatic carbocycles. The number of hydrogen-bond donors (Lipinski definition) is 0. The highest BCUT2D eigenvalue weighted by Crippen LogP contribution is 2.34. The number of hydrogen-bond acceptors (Lipinski definition) is 4. The predicted octanol–water partition coefficient (Wildman–Crippen LogP) is 1.52. The van der Waals surface area contributed by atoms with Crippen LogP contribution in [0, 0.1) is 0 Å². The molecule has 1 aliphatic heterocycles. The fraction of sp³-hybridized carbons (Fsp3) is 0.600. The van der Waals surface area contributed by atoms with Gasteiger partial charge in [-0.1, -0.05) is 0 Å². The summed E-state index contributed by atoms with van der Waals surface area (Å²) in [6, 6.07) is 3.81. The summed E-state index contributed by atoms with van der Waals surface area (Å²) in [5.41, 5.74) is 1.07. The van der Waals surface area contributed by atoms with Gasteiger partial charge < -0.3 is 14.2 Å². The standard InChI is InChI=1S/C15H23N2O3/c1-18-12-9-14(19-2)13(15(10-12)20-3)11-17-7-4-5-16-6-8-17/h9-10H,4-8,11H2,1-3H3. The third-order valence-corrected chi connectivity index (χ3v) is 3.56. The van der Waals surface area contributed by atoms with E-state index >= 15 is 0 Å². The van der Waals surface area contributed by atoms with Crippen molar-refractivity contribution in [1.29, 1.82) is 0 Å². The average Bonchev–Trinajstić information content (AvgIpc) is 2.76. The van der Waals surface area contributed by atoms with Gasteiger partial charge in [0.05, 0.1) is 26.9 Å². The van der Waals surface area contributed by atoms with E-state index in [4.69, 9.17) is 14.2 Å². The normalized spacial score (nSPS) is 16.6. The Morgan fingerprint density at radius 3 is 2.30 bits per heavy atom. The van der Waals surface area contributed by atoms with Crippen molar-refractivity contribution in [1.82, 2.24) is 10.2 Å². The van der Waals surface area contributed by atoms with Gasteiger partial charge in [-0.3, -0.25) is 4.90 Å². The fourth-order valence-corrected chi connectivity index (χ4v) is 2.46. The van der Waals surface area contributed by atoms with Crippen LogP contribution in [-0.4, -0.2) is 52.4 Å². The molecule has 1 saturated heterocycles. The lowest BCUT2D eigenvalue weighted by Gasteiger charge is -2.22. The van der Waals surface area contributed by atoms with Gasteiger partial charge in [0.2, 0.25) is 0 Å². The van der Waals surface area contributed by atoms with Crippen LogP contribution in [0.25, 0.3) is 0 Å². The first-order valence-electron chi connectivity index (χ1n) is 6.93. The summed E-state index contributed by atoms with van der Waals surface area (Å²) in [6.07, 6.45) is 1.11. The van der Waals surface area contributed by atoms with Gasteiger partial charge in [-0.15, -0.1) is 0 Å². The molecule has 5 nitrogen and oxygen atoms in total. The molecule has 2 rings (SSSR count). The van der Waals surface area contributed by atoms with Gasteiger partial charge in [0.15, 0.2) is 0 Å². The summed E-state index contributed by atoms with van der Waals surface area (Å²) in [6.45, 7) is 4.72. The summed E-state index contributed by atoms with van der Waals surface area (Å²) >= 11 is 0. The number of ether oxygens (including phenoxy) is 3. The maximum absolute atomic E-state index is 5.49. The minimum atomic E-state index is 0.744. The van der Waals surface area contributed by atoms with Gasteiger partial charge in [0.25, 0.3) is 0 Å². The van der Waals surface area contributed by atoms with E-state index in [0.29, 0.717) is 0 Å². The van der Waals surface area contributed by atoms with E-state index in [-0.39, 0.29) is 0 Å². The second kappa shape index (κ2) is 7.36. The molecule has 1 fully saturated rings. The van der Waals surface area contributed by atoms with Crippen molar-refractivity contribution in [2.75, 3.05) is 47.5 Å². The highest BCUT2D eigenvalue weighted by atomic mass is 16.5. The number of methoxy groups -OCH3 is 3. The van der Waals surface area contributed by atoms with Crippen molar-refractivity contribution in [3.63, 3.8) is 0 Å². The summed E-state index contributed by atoms with van der Waals surface area (Å²) in [5.74, 6) is 2.36. The zero-order chi connectivity index (χ0) is 14.4. The van der Waals surface area contributed by atoms with Crippen LogP contribution in [-0.2, 0) is 6.54 Å². The Morgan fingerprint density at radius 2 is 1.70 bits per heavy atom. The van der Waals surface area contributed by atoms with Gasteiger partial charge in [-0.25, -0.2) is 5.32 Å². The molecule has 0 amide bonds. The van der Waals surface area contributed by atoms with Crippen LogP contribution in [0.15, 0.2) is 12.1 Å². The van der Waals surface area contributed by atoms with Crippen molar-refractivity contribution in [2.24, 2.45) is 0 Å². The van der Waals surface area contributed by atoms with Crippen molar-refractivity contribution in [3.05, 3.63) is 17.7 Å². The van der Waals surface area contributed by atoms with Crippen LogP contribution < -0.4 is 19.5 Å². The van der Waals surface area contributed by atoms with Gasteiger partial charge in [-0.2, -0.15) is 0 Å². The zero-order valence-electron chi connectivity index (χ0n) is 12.5. The van der Waals surface area contributed by atoms with Crippen molar-refractivity contribution in [2.45, 2.75) is 13.0 Å². The minimum absolute atomic E-state index is 0.744. The molecule has 0 aromatic heterocycles. The summed E-state index contributed by atoms with van der Waals surface area (Å²) in [7, 11) is 5.00. The summed E-state index contributed by atoms with van der Waals surface area (Å²) in [4.78, 5) is 2.39. The lowest BCUT2D eigenvalue weighted by Crippen LogP contribution is -2.27. The molecule has 0 N–H and O–H groups in total. The smallest absolute Gasteiger partial charge is 0.130 e. The van der Waals surface area contributed by atoms with Crippen LogP contribution in [0.4, 0.5) is 0 Å². The molecule has 1 heterocycles. The molecule has 1 aromatic rings. The van der Waals surface area contributed by atoms with Gasteiger partial charge in [-0.05, 0) is 13.0 Å². The molecule has 0 atom stereocenters. The number of rotatable bonds is 5. The largest absolute Gasteiger partial charge is 0.496 e. The lowest BCUT2D eigenvalue weighted by atomic mass is 10.1. The molecule has 0 unspecified atom stereocenters. The van der Waals surface area contributed by atoms with E-state index in [1.807, 2.05) is 12.1 Å². The van der Waals surface area contributed by atoms with Crippen LogP contribution >= 0.6 is 0 Å². The van der Waals surface area contributed by atoms with Crippen LogP contribution in [0.3, 0.4) is 0 Å². The monoisotopic (exact) mass is 279 g/mol. The Balaban J connectivity index is 2.23. The predicted molar refractivity (Wildman–Crippen MR) is 77.9 cm³/mol. The minimum Gasteiger partial charge on any atom is -0.496 e. The first-order valence-corrected chi connectivity index (χ1v) is 6.93. The Kier molecular flexibility index (Phi) is 5.49. The molecule has 0 spiro atoms. The second-order valence-corrected chi connectivity index (χ2v) is 4.81. The Morgan fingerprint density at radius 1 is 1.00 bits per heavy atom. The molecular weight excluding hydrogens is 256 g/mol. The highest BCUT2D eigenvalue weighted by Gasteiger charge is 2.17. The SMILES string of the molecule is COc1cc(OC)c(CN2CCC[N]CC2)c(OC)c1. The fourth-order valence-electron chi connectivity index (χ4n) is 2.46. The zero-order valence-corrected chi connectivity index (χ0v) is 12.5. The Bertz CT molecular complexity index is 404. The summed E-state index contributed by atoms with van der Waals surface area (Å²) in [5, 5.41) is 4.45. The Labute approximate surface area is 120 Å². The maximum Gasteiger partial charge on any atom is 0.130 e. The van der Waals surface area contributed by atoms with E-state index in [2.05, 4.69) is 10.2 Å². The summed E-state index contributed by atoms with van der Waals surface area (Å²) < 4.78 is 16.3. The van der Waals surface area contributed by atoms with Crippen LogP contribution in [0.2, 0.25) is 0 Å². The van der Waals surface area contributed by atoms with Gasteiger partial charge >= 0.3 is 0 Å². The van der Waals surface area contributed by atoms with Crippen molar-refractivity contribution in [3.8, 4) is 17.2 Å². The number of benzene rings is 1. The molecule has 111 valence electrons. The van der Waals surface area contributed by atoms with Crippen molar-refractivity contribution >= 4 is 0 Å². The molecular formula is C15H23N2O3. The van der Waals surface area contributed by atoms with E-state index in [0.717, 1.165) is 62.0 Å². The molecule has 1 aliphatic rings. The number of nitrogens with zero attached hydrogens (tertiary/aromatic N) is 2. The third-order valence-electron chi connectivity index (χ3n) is 3.56. The highest BCUT2D eigenvalue weighted by molar-refractivity contribution is 5.50. The average molecular weight is 279 g/mol. The molecule has 0 bridgehead atoms. The molecule has 1 aromatic carbocycles. The van der Waals surface area contributed by atoms with E-state index in [1.165, 1.54) is 0 Å². The van der Waals surface area contributed by atoms with Gasteiger partial charge in [0, 0.05) is 38.3 Å². The topological polar surface area (TPSA) is 45.0 Å². The quantitative estimate of drug-likeness (QED) is 0.820. The Hall–Kier alpha value is -1.46. The second-order valence-electron chi connectivity index (χ2n) is 4.81. The lowest BCUT2D eigenvalue weighted by molar-refractivity contribution is 0.271. The molecule has 1 radical (unpaired) electrons. The molecule has 0 saturated carbocycles.